The van der Waals surface area contributed by atoms with Crippen LogP contribution in [0.3, 0.4) is 0 Å². The quantitative estimate of drug-likeness (QED) is 0.906. The van der Waals surface area contributed by atoms with Crippen molar-refractivity contribution in [2.24, 2.45) is 5.92 Å². The molecule has 0 saturated carbocycles. The molecule has 2 rings (SSSR count). The average Bonchev–Trinajstić information content (AvgIpc) is 2.41. The molecular formula is C16H23NO2. The molecule has 0 unspecified atom stereocenters. The van der Waals surface area contributed by atoms with E-state index in [2.05, 4.69) is 36.9 Å². The Morgan fingerprint density at radius 1 is 1.37 bits per heavy atom. The molecule has 3 heteroatoms. The van der Waals surface area contributed by atoms with Gasteiger partial charge in [-0.05, 0) is 56.0 Å². The predicted molar refractivity (Wildman–Crippen MR) is 76.2 cm³/mol. The first-order valence-corrected chi connectivity index (χ1v) is 7.14. The number of nitrogens with zero attached hydrogens (tertiary/aromatic N) is 1. The maximum atomic E-state index is 11.0. The molecule has 1 heterocycles. The fourth-order valence-corrected chi connectivity index (χ4v) is 2.88. The van der Waals surface area contributed by atoms with Crippen LogP contribution in [0.1, 0.15) is 36.5 Å². The van der Waals surface area contributed by atoms with Crippen molar-refractivity contribution < 1.29 is 9.90 Å². The molecule has 1 aliphatic rings. The van der Waals surface area contributed by atoms with Crippen LogP contribution in [-0.4, -0.2) is 29.1 Å². The molecule has 0 aliphatic carbocycles. The minimum absolute atomic E-state index is 0.140. The fourth-order valence-electron chi connectivity index (χ4n) is 2.88. The average molecular weight is 261 g/mol. The van der Waals surface area contributed by atoms with Crippen LogP contribution < -0.4 is 0 Å². The van der Waals surface area contributed by atoms with Crippen molar-refractivity contribution in [2.45, 2.75) is 39.7 Å². The number of carboxylic acid groups (broad SMARTS) is 1. The fraction of sp³-hybridized carbons (Fsp3) is 0.562. The van der Waals surface area contributed by atoms with E-state index >= 15 is 0 Å². The summed E-state index contributed by atoms with van der Waals surface area (Å²) in [6.07, 6.45) is 2.62. The predicted octanol–water partition coefficient (Wildman–Crippen LogP) is 2.85. The van der Waals surface area contributed by atoms with Gasteiger partial charge in [-0.1, -0.05) is 25.1 Å². The second-order valence-corrected chi connectivity index (χ2v) is 5.45. The molecule has 19 heavy (non-hydrogen) atoms. The molecular weight excluding hydrogens is 238 g/mol. The zero-order valence-electron chi connectivity index (χ0n) is 11.9. The second kappa shape index (κ2) is 6.20. The number of likely N-dealkylation sites (tertiary alicyclic amines) is 1. The molecule has 3 nitrogen and oxygen atoms in total. The Morgan fingerprint density at radius 3 is 2.63 bits per heavy atom. The maximum absolute atomic E-state index is 11.0. The smallest absolute Gasteiger partial charge is 0.306 e. The zero-order chi connectivity index (χ0) is 13.8. The summed E-state index contributed by atoms with van der Waals surface area (Å²) in [6.45, 7) is 7.11. The number of hydrogen-bond donors (Lipinski definition) is 1. The molecule has 1 aliphatic heterocycles. The van der Waals surface area contributed by atoms with Crippen LogP contribution in [0, 0.1) is 12.8 Å². The van der Waals surface area contributed by atoms with E-state index in [0.717, 1.165) is 38.9 Å². The first-order valence-electron chi connectivity index (χ1n) is 7.14. The molecule has 1 aromatic carbocycles. The van der Waals surface area contributed by atoms with E-state index in [0.29, 0.717) is 0 Å². The van der Waals surface area contributed by atoms with Crippen LogP contribution >= 0.6 is 0 Å². The largest absolute Gasteiger partial charge is 0.481 e. The summed E-state index contributed by atoms with van der Waals surface area (Å²) in [4.78, 5) is 13.3. The van der Waals surface area contributed by atoms with E-state index in [-0.39, 0.29) is 5.92 Å². The second-order valence-electron chi connectivity index (χ2n) is 5.45. The van der Waals surface area contributed by atoms with Crippen LogP contribution in [0.25, 0.3) is 0 Å². The Kier molecular flexibility index (Phi) is 4.59. The Hall–Kier alpha value is -1.35. The highest BCUT2D eigenvalue weighted by Crippen LogP contribution is 2.22. The van der Waals surface area contributed by atoms with Crippen LogP contribution in [-0.2, 0) is 17.8 Å². The summed E-state index contributed by atoms with van der Waals surface area (Å²) in [7, 11) is 0. The normalized spacial score (nSPS) is 17.6. The van der Waals surface area contributed by atoms with Gasteiger partial charge in [0.05, 0.1) is 5.92 Å². The molecule has 1 fully saturated rings. The zero-order valence-corrected chi connectivity index (χ0v) is 11.9. The summed E-state index contributed by atoms with van der Waals surface area (Å²) in [6, 6.07) is 6.49. The van der Waals surface area contributed by atoms with Gasteiger partial charge in [-0.2, -0.15) is 0 Å². The first-order chi connectivity index (χ1) is 9.11. The van der Waals surface area contributed by atoms with Gasteiger partial charge in [-0.15, -0.1) is 0 Å². The van der Waals surface area contributed by atoms with Gasteiger partial charge in [0.2, 0.25) is 0 Å². The molecule has 0 bridgehead atoms. The van der Waals surface area contributed by atoms with E-state index in [1.54, 1.807) is 0 Å². The minimum Gasteiger partial charge on any atom is -0.481 e. The molecule has 0 amide bonds. The number of rotatable bonds is 4. The van der Waals surface area contributed by atoms with Gasteiger partial charge in [0.15, 0.2) is 0 Å². The van der Waals surface area contributed by atoms with Crippen molar-refractivity contribution in [2.75, 3.05) is 13.1 Å². The van der Waals surface area contributed by atoms with Gasteiger partial charge in [0.25, 0.3) is 0 Å². The van der Waals surface area contributed by atoms with Crippen molar-refractivity contribution in [3.05, 3.63) is 34.9 Å². The summed E-state index contributed by atoms with van der Waals surface area (Å²) in [5.74, 6) is -0.774. The van der Waals surface area contributed by atoms with E-state index < -0.39 is 5.97 Å². The molecule has 0 radical (unpaired) electrons. The topological polar surface area (TPSA) is 40.5 Å². The highest BCUT2D eigenvalue weighted by molar-refractivity contribution is 5.70. The Labute approximate surface area is 115 Å². The number of aliphatic carboxylic acids is 1. The van der Waals surface area contributed by atoms with Gasteiger partial charge in [-0.3, -0.25) is 9.69 Å². The SMILES string of the molecule is CCc1cccc(C)c1CN1CCC(C(=O)O)CC1. The first kappa shape index (κ1) is 14.1. The number of carbonyl (C=O) groups is 1. The van der Waals surface area contributed by atoms with Crippen molar-refractivity contribution >= 4 is 5.97 Å². The lowest BCUT2D eigenvalue weighted by molar-refractivity contribution is -0.143. The number of carboxylic acids is 1. The lowest BCUT2D eigenvalue weighted by atomic mass is 9.95. The van der Waals surface area contributed by atoms with Crippen molar-refractivity contribution in [3.63, 3.8) is 0 Å². The molecule has 104 valence electrons. The Morgan fingerprint density at radius 2 is 2.05 bits per heavy atom. The minimum atomic E-state index is -0.634. The summed E-state index contributed by atoms with van der Waals surface area (Å²) in [5.41, 5.74) is 4.19. The highest BCUT2D eigenvalue weighted by Gasteiger charge is 2.24. The van der Waals surface area contributed by atoms with Crippen LogP contribution in [0.4, 0.5) is 0 Å². The molecule has 0 aromatic heterocycles. The Bertz CT molecular complexity index is 448. The molecule has 1 N–H and O–H groups in total. The van der Waals surface area contributed by atoms with Crippen molar-refractivity contribution in [1.82, 2.24) is 4.90 Å². The summed E-state index contributed by atoms with van der Waals surface area (Å²) in [5, 5.41) is 9.02. The van der Waals surface area contributed by atoms with Crippen LogP contribution in [0.2, 0.25) is 0 Å². The van der Waals surface area contributed by atoms with Crippen molar-refractivity contribution in [1.29, 1.82) is 0 Å². The van der Waals surface area contributed by atoms with Gasteiger partial charge in [0, 0.05) is 6.54 Å². The maximum Gasteiger partial charge on any atom is 0.306 e. The van der Waals surface area contributed by atoms with E-state index in [1.165, 1.54) is 16.7 Å². The van der Waals surface area contributed by atoms with Gasteiger partial charge in [-0.25, -0.2) is 0 Å². The number of hydrogen-bond acceptors (Lipinski definition) is 2. The summed E-state index contributed by atoms with van der Waals surface area (Å²) >= 11 is 0. The lowest BCUT2D eigenvalue weighted by Crippen LogP contribution is -2.36. The number of piperidine rings is 1. The third-order valence-electron chi connectivity index (χ3n) is 4.21. The molecule has 1 aromatic rings. The lowest BCUT2D eigenvalue weighted by Gasteiger charge is -2.31. The standard InChI is InChI=1S/C16H23NO2/c1-3-13-6-4-5-12(2)15(13)11-17-9-7-14(8-10-17)16(18)19/h4-6,14H,3,7-11H2,1-2H3,(H,18,19). The number of aryl methyl sites for hydroxylation is 2. The monoisotopic (exact) mass is 261 g/mol. The molecule has 1 saturated heterocycles. The third kappa shape index (κ3) is 3.35. The molecule has 0 spiro atoms. The third-order valence-corrected chi connectivity index (χ3v) is 4.21. The van der Waals surface area contributed by atoms with Crippen LogP contribution in [0.5, 0.6) is 0 Å². The van der Waals surface area contributed by atoms with E-state index in [4.69, 9.17) is 5.11 Å². The summed E-state index contributed by atoms with van der Waals surface area (Å²) < 4.78 is 0. The van der Waals surface area contributed by atoms with E-state index in [9.17, 15) is 4.79 Å². The highest BCUT2D eigenvalue weighted by atomic mass is 16.4. The molecule has 0 atom stereocenters. The van der Waals surface area contributed by atoms with Gasteiger partial charge >= 0.3 is 5.97 Å². The number of benzene rings is 1. The van der Waals surface area contributed by atoms with Gasteiger partial charge in [0.1, 0.15) is 0 Å². The van der Waals surface area contributed by atoms with E-state index in [1.807, 2.05) is 0 Å². The van der Waals surface area contributed by atoms with Crippen LogP contribution in [0.15, 0.2) is 18.2 Å². The van der Waals surface area contributed by atoms with Gasteiger partial charge < -0.3 is 5.11 Å². The van der Waals surface area contributed by atoms with Crippen molar-refractivity contribution in [3.8, 4) is 0 Å². The Balaban J connectivity index is 2.01.